The monoisotopic (exact) mass is 196 g/mol. The average molecular weight is 196 g/mol. The van der Waals surface area contributed by atoms with Crippen LogP contribution in [0.15, 0.2) is 24.3 Å². The third-order valence-corrected chi connectivity index (χ3v) is 1.79. The number of rotatable bonds is 4. The number of benzene rings is 1. The van der Waals surface area contributed by atoms with Gasteiger partial charge in [-0.3, -0.25) is 0 Å². The van der Waals surface area contributed by atoms with Gasteiger partial charge in [-0.05, 0) is 31.5 Å². The minimum absolute atomic E-state index is 0.108. The Kier molecular flexibility index (Phi) is 3.92. The number of hydrogen-bond acceptors (Lipinski definition) is 3. The standard InChI is InChI=1S/C11H16O3/c1-8(2)14-10-5-3-4-9(6-10)11(13)7-12/h3-6,8,11-13H,7H2,1-2H3. The van der Waals surface area contributed by atoms with Crippen LogP contribution in [0.4, 0.5) is 0 Å². The van der Waals surface area contributed by atoms with E-state index in [1.54, 1.807) is 18.2 Å². The molecule has 0 spiro atoms. The molecule has 0 aliphatic heterocycles. The summed E-state index contributed by atoms with van der Waals surface area (Å²) >= 11 is 0. The molecule has 1 aromatic rings. The van der Waals surface area contributed by atoms with E-state index in [1.165, 1.54) is 0 Å². The molecule has 78 valence electrons. The highest BCUT2D eigenvalue weighted by atomic mass is 16.5. The summed E-state index contributed by atoms with van der Waals surface area (Å²) in [6.45, 7) is 3.61. The highest BCUT2D eigenvalue weighted by molar-refractivity contribution is 5.30. The van der Waals surface area contributed by atoms with Gasteiger partial charge in [0.1, 0.15) is 11.9 Å². The Hall–Kier alpha value is -1.06. The maximum Gasteiger partial charge on any atom is 0.120 e. The Morgan fingerprint density at radius 3 is 2.64 bits per heavy atom. The molecule has 0 radical (unpaired) electrons. The zero-order valence-corrected chi connectivity index (χ0v) is 8.47. The first-order chi connectivity index (χ1) is 6.63. The lowest BCUT2D eigenvalue weighted by molar-refractivity contribution is 0.0952. The van der Waals surface area contributed by atoms with E-state index >= 15 is 0 Å². The molecule has 0 fully saturated rings. The van der Waals surface area contributed by atoms with Crippen molar-refractivity contribution in [3.63, 3.8) is 0 Å². The lowest BCUT2D eigenvalue weighted by Gasteiger charge is -2.12. The van der Waals surface area contributed by atoms with Crippen LogP contribution in [0.1, 0.15) is 25.5 Å². The number of aliphatic hydroxyl groups is 2. The maximum atomic E-state index is 9.38. The zero-order chi connectivity index (χ0) is 10.6. The van der Waals surface area contributed by atoms with Gasteiger partial charge in [-0.1, -0.05) is 12.1 Å². The van der Waals surface area contributed by atoms with Gasteiger partial charge in [-0.2, -0.15) is 0 Å². The summed E-state index contributed by atoms with van der Waals surface area (Å²) in [4.78, 5) is 0. The van der Waals surface area contributed by atoms with Crippen molar-refractivity contribution in [2.45, 2.75) is 26.1 Å². The van der Waals surface area contributed by atoms with Crippen molar-refractivity contribution < 1.29 is 14.9 Å². The quantitative estimate of drug-likeness (QED) is 0.767. The van der Waals surface area contributed by atoms with E-state index in [9.17, 15) is 5.11 Å². The van der Waals surface area contributed by atoms with Crippen LogP contribution in [-0.4, -0.2) is 22.9 Å². The van der Waals surface area contributed by atoms with Crippen LogP contribution >= 0.6 is 0 Å². The van der Waals surface area contributed by atoms with Crippen LogP contribution < -0.4 is 4.74 Å². The largest absolute Gasteiger partial charge is 0.491 e. The minimum atomic E-state index is -0.828. The van der Waals surface area contributed by atoms with Gasteiger partial charge in [-0.25, -0.2) is 0 Å². The van der Waals surface area contributed by atoms with Crippen molar-refractivity contribution >= 4 is 0 Å². The summed E-state index contributed by atoms with van der Waals surface area (Å²) in [6, 6.07) is 7.12. The summed E-state index contributed by atoms with van der Waals surface area (Å²) < 4.78 is 5.46. The molecule has 3 heteroatoms. The van der Waals surface area contributed by atoms with Gasteiger partial charge < -0.3 is 14.9 Å². The average Bonchev–Trinajstić information content (AvgIpc) is 2.16. The van der Waals surface area contributed by atoms with E-state index in [0.29, 0.717) is 11.3 Å². The van der Waals surface area contributed by atoms with E-state index < -0.39 is 6.10 Å². The van der Waals surface area contributed by atoms with Crippen LogP contribution in [0, 0.1) is 0 Å². The van der Waals surface area contributed by atoms with E-state index in [1.807, 2.05) is 19.9 Å². The molecule has 3 nitrogen and oxygen atoms in total. The van der Waals surface area contributed by atoms with Gasteiger partial charge in [0.15, 0.2) is 0 Å². The van der Waals surface area contributed by atoms with E-state index in [-0.39, 0.29) is 12.7 Å². The molecular formula is C11H16O3. The lowest BCUT2D eigenvalue weighted by Crippen LogP contribution is -2.07. The van der Waals surface area contributed by atoms with E-state index in [2.05, 4.69) is 0 Å². The van der Waals surface area contributed by atoms with Crippen molar-refractivity contribution in [3.05, 3.63) is 29.8 Å². The SMILES string of the molecule is CC(C)Oc1cccc(C(O)CO)c1. The molecule has 0 saturated heterocycles. The van der Waals surface area contributed by atoms with Gasteiger partial charge in [0.25, 0.3) is 0 Å². The summed E-state index contributed by atoms with van der Waals surface area (Å²) in [5.41, 5.74) is 0.672. The van der Waals surface area contributed by atoms with Crippen molar-refractivity contribution in [2.24, 2.45) is 0 Å². The summed E-state index contributed by atoms with van der Waals surface area (Å²) in [5.74, 6) is 0.713. The second-order valence-electron chi connectivity index (χ2n) is 3.44. The van der Waals surface area contributed by atoms with Gasteiger partial charge in [-0.15, -0.1) is 0 Å². The molecule has 1 aromatic carbocycles. The third kappa shape index (κ3) is 3.01. The highest BCUT2D eigenvalue weighted by Crippen LogP contribution is 2.19. The predicted octanol–water partition coefficient (Wildman–Crippen LogP) is 1.50. The Balaban J connectivity index is 2.78. The van der Waals surface area contributed by atoms with E-state index in [0.717, 1.165) is 0 Å². The predicted molar refractivity (Wildman–Crippen MR) is 54.3 cm³/mol. The lowest BCUT2D eigenvalue weighted by atomic mass is 10.1. The molecule has 1 rings (SSSR count). The van der Waals surface area contributed by atoms with Gasteiger partial charge in [0.05, 0.1) is 12.7 Å². The molecular weight excluding hydrogens is 180 g/mol. The first kappa shape index (κ1) is 11.0. The van der Waals surface area contributed by atoms with Crippen molar-refractivity contribution in [1.29, 1.82) is 0 Å². The summed E-state index contributed by atoms with van der Waals surface area (Å²) in [5, 5.41) is 18.2. The van der Waals surface area contributed by atoms with Gasteiger partial charge >= 0.3 is 0 Å². The molecule has 0 bridgehead atoms. The first-order valence-corrected chi connectivity index (χ1v) is 4.69. The van der Waals surface area contributed by atoms with Crippen molar-refractivity contribution in [1.82, 2.24) is 0 Å². The first-order valence-electron chi connectivity index (χ1n) is 4.69. The number of aliphatic hydroxyl groups excluding tert-OH is 2. The molecule has 14 heavy (non-hydrogen) atoms. The van der Waals surface area contributed by atoms with Crippen LogP contribution in [0.2, 0.25) is 0 Å². The van der Waals surface area contributed by atoms with Crippen molar-refractivity contribution in [2.75, 3.05) is 6.61 Å². The Morgan fingerprint density at radius 2 is 2.07 bits per heavy atom. The molecule has 1 atom stereocenters. The third-order valence-electron chi connectivity index (χ3n) is 1.79. The topological polar surface area (TPSA) is 49.7 Å². The van der Waals surface area contributed by atoms with E-state index in [4.69, 9.17) is 9.84 Å². The fraction of sp³-hybridized carbons (Fsp3) is 0.455. The van der Waals surface area contributed by atoms with Crippen LogP contribution in [-0.2, 0) is 0 Å². The van der Waals surface area contributed by atoms with Crippen molar-refractivity contribution in [3.8, 4) is 5.75 Å². The fourth-order valence-corrected chi connectivity index (χ4v) is 1.17. The maximum absolute atomic E-state index is 9.38. The van der Waals surface area contributed by atoms with Crippen LogP contribution in [0.3, 0.4) is 0 Å². The molecule has 2 N–H and O–H groups in total. The van der Waals surface area contributed by atoms with Crippen LogP contribution in [0.5, 0.6) is 5.75 Å². The normalized spacial score (nSPS) is 12.9. The smallest absolute Gasteiger partial charge is 0.120 e. The van der Waals surface area contributed by atoms with Crippen LogP contribution in [0.25, 0.3) is 0 Å². The Bertz CT molecular complexity index is 284. The number of hydrogen-bond donors (Lipinski definition) is 2. The van der Waals surface area contributed by atoms with Gasteiger partial charge in [0, 0.05) is 0 Å². The zero-order valence-electron chi connectivity index (χ0n) is 8.47. The minimum Gasteiger partial charge on any atom is -0.491 e. The van der Waals surface area contributed by atoms with Gasteiger partial charge in [0.2, 0.25) is 0 Å². The Morgan fingerprint density at radius 1 is 1.36 bits per heavy atom. The summed E-state index contributed by atoms with van der Waals surface area (Å²) in [7, 11) is 0. The second kappa shape index (κ2) is 4.98. The fourth-order valence-electron chi connectivity index (χ4n) is 1.17. The highest BCUT2D eigenvalue weighted by Gasteiger charge is 2.06. The molecule has 0 aliphatic carbocycles. The molecule has 0 heterocycles. The molecule has 0 amide bonds. The molecule has 0 aliphatic rings. The molecule has 0 aromatic heterocycles. The molecule has 1 unspecified atom stereocenters. The number of ether oxygens (including phenoxy) is 1. The Labute approximate surface area is 84.0 Å². The molecule has 0 saturated carbocycles. The second-order valence-corrected chi connectivity index (χ2v) is 3.44. The summed E-state index contributed by atoms with van der Waals surface area (Å²) in [6.07, 6.45) is -0.720.